The third-order valence-corrected chi connectivity index (χ3v) is 6.76. The molecule has 0 saturated heterocycles. The predicted molar refractivity (Wildman–Crippen MR) is 109 cm³/mol. The molecular formula is C20H24N4O4S. The number of hydrogen-bond donors (Lipinski definition) is 1. The fourth-order valence-corrected chi connectivity index (χ4v) is 4.96. The first-order valence-electron chi connectivity index (χ1n) is 9.60. The number of H-pyrrole nitrogens is 1. The Morgan fingerprint density at radius 3 is 2.59 bits per heavy atom. The van der Waals surface area contributed by atoms with E-state index in [0.29, 0.717) is 34.4 Å². The van der Waals surface area contributed by atoms with E-state index in [1.807, 2.05) is 0 Å². The molecule has 3 rings (SSSR count). The zero-order valence-corrected chi connectivity index (χ0v) is 17.8. The fraction of sp³-hybridized carbons (Fsp3) is 0.550. The fourth-order valence-electron chi connectivity index (χ4n) is 3.85. The number of fused-ring (bicyclic) bond motifs is 1. The Kier molecular flexibility index (Phi) is 5.75. The standard InChI is InChI=1S/C20H24N4O4S/c1-11-14-16(25)22-13(3)23-17(14)29-15(11)19(27)28-12(2)18(26)24(4)20(10-21)8-6-5-7-9-20/h12H,5-9H2,1-4H3,(H,22,23,25)/t12-/m1/s1. The van der Waals surface area contributed by atoms with Gasteiger partial charge in [0.25, 0.3) is 11.5 Å². The number of ether oxygens (including phenoxy) is 1. The quantitative estimate of drug-likeness (QED) is 0.766. The van der Waals surface area contributed by atoms with Crippen molar-refractivity contribution in [1.82, 2.24) is 14.9 Å². The van der Waals surface area contributed by atoms with Gasteiger partial charge in [-0.05, 0) is 39.2 Å². The molecule has 29 heavy (non-hydrogen) atoms. The highest BCUT2D eigenvalue weighted by molar-refractivity contribution is 7.20. The number of esters is 1. The van der Waals surface area contributed by atoms with Crippen LogP contribution in [0.2, 0.25) is 0 Å². The Balaban J connectivity index is 1.80. The van der Waals surface area contributed by atoms with Crippen molar-refractivity contribution in [3.05, 3.63) is 26.6 Å². The van der Waals surface area contributed by atoms with Crippen LogP contribution in [0.3, 0.4) is 0 Å². The van der Waals surface area contributed by atoms with Gasteiger partial charge in [0.1, 0.15) is 21.1 Å². The molecule has 8 nitrogen and oxygen atoms in total. The number of carbonyl (C=O) groups is 2. The molecule has 0 aliphatic heterocycles. The molecule has 1 fully saturated rings. The summed E-state index contributed by atoms with van der Waals surface area (Å²) in [6.45, 7) is 4.83. The van der Waals surface area contributed by atoms with Gasteiger partial charge in [-0.15, -0.1) is 11.3 Å². The number of hydrogen-bond acceptors (Lipinski definition) is 7. The van der Waals surface area contributed by atoms with Crippen LogP contribution in [0.5, 0.6) is 0 Å². The van der Waals surface area contributed by atoms with Gasteiger partial charge in [0.2, 0.25) is 0 Å². The zero-order chi connectivity index (χ0) is 21.3. The number of aryl methyl sites for hydroxylation is 2. The third kappa shape index (κ3) is 3.77. The number of carbonyl (C=O) groups excluding carboxylic acids is 2. The second-order valence-corrected chi connectivity index (χ2v) is 8.54. The lowest BCUT2D eigenvalue weighted by atomic mass is 9.81. The number of likely N-dealkylation sites (N-methyl/N-ethyl adjacent to an activating group) is 1. The maximum Gasteiger partial charge on any atom is 0.349 e. The maximum atomic E-state index is 12.9. The summed E-state index contributed by atoms with van der Waals surface area (Å²) in [6.07, 6.45) is 3.03. The second kappa shape index (κ2) is 7.95. The van der Waals surface area contributed by atoms with Crippen LogP contribution in [0.4, 0.5) is 0 Å². The number of nitriles is 1. The molecule has 2 aromatic heterocycles. The minimum atomic E-state index is -1.04. The Hall–Kier alpha value is -2.73. The lowest BCUT2D eigenvalue weighted by molar-refractivity contribution is -0.143. The molecule has 1 aliphatic rings. The van der Waals surface area contributed by atoms with E-state index in [4.69, 9.17) is 4.74 Å². The summed E-state index contributed by atoms with van der Waals surface area (Å²) in [5.41, 5.74) is -0.673. The molecule has 2 heterocycles. The normalized spacial score (nSPS) is 16.8. The smallest absolute Gasteiger partial charge is 0.349 e. The first kappa shape index (κ1) is 21.0. The van der Waals surface area contributed by atoms with E-state index in [-0.39, 0.29) is 10.4 Å². The Labute approximate surface area is 172 Å². The number of nitrogens with one attached hydrogen (secondary N) is 1. The zero-order valence-electron chi connectivity index (χ0n) is 17.0. The third-order valence-electron chi connectivity index (χ3n) is 5.60. The topological polar surface area (TPSA) is 116 Å². The van der Waals surface area contributed by atoms with Gasteiger partial charge >= 0.3 is 5.97 Å². The number of amides is 1. The van der Waals surface area contributed by atoms with Gasteiger partial charge in [0, 0.05) is 7.05 Å². The molecule has 0 aromatic carbocycles. The van der Waals surface area contributed by atoms with E-state index in [9.17, 15) is 19.6 Å². The molecule has 2 aromatic rings. The maximum absolute atomic E-state index is 12.9. The summed E-state index contributed by atoms with van der Waals surface area (Å²) >= 11 is 1.07. The van der Waals surface area contributed by atoms with Gasteiger partial charge in [-0.3, -0.25) is 9.59 Å². The van der Waals surface area contributed by atoms with Gasteiger partial charge in [0.05, 0.1) is 11.5 Å². The minimum absolute atomic E-state index is 0.249. The lowest BCUT2D eigenvalue weighted by Crippen LogP contribution is -2.53. The van der Waals surface area contributed by atoms with Crippen molar-refractivity contribution in [2.24, 2.45) is 0 Å². The van der Waals surface area contributed by atoms with Crippen LogP contribution in [-0.4, -0.2) is 45.4 Å². The SMILES string of the molecule is Cc1nc2sc(C(=O)O[C@H](C)C(=O)N(C)C3(C#N)CCCCC3)c(C)c2c(=O)[nH]1. The summed E-state index contributed by atoms with van der Waals surface area (Å²) in [5.74, 6) is -0.623. The van der Waals surface area contributed by atoms with Crippen molar-refractivity contribution >= 4 is 33.4 Å². The van der Waals surface area contributed by atoms with Gasteiger partial charge in [0.15, 0.2) is 6.10 Å². The number of thiophene rings is 1. The van der Waals surface area contributed by atoms with Crippen LogP contribution in [0.15, 0.2) is 4.79 Å². The van der Waals surface area contributed by atoms with Crippen molar-refractivity contribution in [3.8, 4) is 6.07 Å². The number of rotatable bonds is 4. The summed E-state index contributed by atoms with van der Waals surface area (Å²) in [5, 5.41) is 10.0. The molecule has 1 aliphatic carbocycles. The number of aromatic amines is 1. The van der Waals surface area contributed by atoms with Crippen molar-refractivity contribution in [2.45, 2.75) is 64.5 Å². The van der Waals surface area contributed by atoms with E-state index < -0.39 is 23.5 Å². The molecule has 1 saturated carbocycles. The average Bonchev–Trinajstić information content (AvgIpc) is 3.03. The minimum Gasteiger partial charge on any atom is -0.448 e. The van der Waals surface area contributed by atoms with Crippen LogP contribution < -0.4 is 5.56 Å². The average molecular weight is 417 g/mol. The van der Waals surface area contributed by atoms with E-state index in [2.05, 4.69) is 16.0 Å². The van der Waals surface area contributed by atoms with Gasteiger partial charge < -0.3 is 14.6 Å². The monoisotopic (exact) mass is 416 g/mol. The van der Waals surface area contributed by atoms with Crippen LogP contribution in [0.1, 0.15) is 60.1 Å². The first-order valence-corrected chi connectivity index (χ1v) is 10.4. The summed E-state index contributed by atoms with van der Waals surface area (Å²) in [6, 6.07) is 2.30. The van der Waals surface area contributed by atoms with Crippen molar-refractivity contribution in [3.63, 3.8) is 0 Å². The molecule has 1 atom stereocenters. The summed E-state index contributed by atoms with van der Waals surface area (Å²) < 4.78 is 5.41. The number of aromatic nitrogens is 2. The largest absolute Gasteiger partial charge is 0.448 e. The van der Waals surface area contributed by atoms with Crippen LogP contribution in [0.25, 0.3) is 10.2 Å². The van der Waals surface area contributed by atoms with Crippen LogP contribution in [-0.2, 0) is 9.53 Å². The Morgan fingerprint density at radius 1 is 1.31 bits per heavy atom. The van der Waals surface area contributed by atoms with E-state index in [0.717, 1.165) is 30.6 Å². The van der Waals surface area contributed by atoms with E-state index >= 15 is 0 Å². The molecule has 0 bridgehead atoms. The molecular weight excluding hydrogens is 392 g/mol. The van der Waals surface area contributed by atoms with E-state index in [1.54, 1.807) is 20.9 Å². The van der Waals surface area contributed by atoms with Crippen LogP contribution >= 0.6 is 11.3 Å². The Morgan fingerprint density at radius 2 is 1.97 bits per heavy atom. The molecule has 1 amide bonds. The highest BCUT2D eigenvalue weighted by atomic mass is 32.1. The van der Waals surface area contributed by atoms with Crippen molar-refractivity contribution in [2.75, 3.05) is 7.05 Å². The highest BCUT2D eigenvalue weighted by Crippen LogP contribution is 2.33. The van der Waals surface area contributed by atoms with Gasteiger partial charge in [-0.25, -0.2) is 9.78 Å². The predicted octanol–water partition coefficient (Wildman–Crippen LogP) is 2.83. The second-order valence-electron chi connectivity index (χ2n) is 7.54. The summed E-state index contributed by atoms with van der Waals surface area (Å²) in [4.78, 5) is 46.8. The molecule has 1 N–H and O–H groups in total. The van der Waals surface area contributed by atoms with E-state index in [1.165, 1.54) is 11.8 Å². The molecule has 0 unspecified atom stereocenters. The van der Waals surface area contributed by atoms with Gasteiger partial charge in [-0.2, -0.15) is 5.26 Å². The molecule has 9 heteroatoms. The molecule has 0 radical (unpaired) electrons. The molecule has 154 valence electrons. The first-order chi connectivity index (χ1) is 13.7. The van der Waals surface area contributed by atoms with Crippen molar-refractivity contribution in [1.29, 1.82) is 5.26 Å². The highest BCUT2D eigenvalue weighted by Gasteiger charge is 2.41. The summed E-state index contributed by atoms with van der Waals surface area (Å²) in [7, 11) is 1.60. The van der Waals surface area contributed by atoms with Crippen molar-refractivity contribution < 1.29 is 14.3 Å². The lowest BCUT2D eigenvalue weighted by Gasteiger charge is -2.39. The molecule has 0 spiro atoms. The number of nitrogens with zero attached hydrogens (tertiary/aromatic N) is 3. The van der Waals surface area contributed by atoms with Gasteiger partial charge in [-0.1, -0.05) is 19.3 Å². The Bertz CT molecular complexity index is 1060. The van der Waals surface area contributed by atoms with Crippen LogP contribution in [0, 0.1) is 25.2 Å².